The second-order valence-corrected chi connectivity index (χ2v) is 7.30. The van der Waals surface area contributed by atoms with Crippen LogP contribution in [0.5, 0.6) is 0 Å². The van der Waals surface area contributed by atoms with Gasteiger partial charge >= 0.3 is 0 Å². The number of carbonyl (C=O) groups is 1. The molecule has 1 unspecified atom stereocenters. The van der Waals surface area contributed by atoms with Gasteiger partial charge in [-0.2, -0.15) is 0 Å². The molecule has 0 heterocycles. The minimum absolute atomic E-state index is 0.00596. The molecule has 5 nitrogen and oxygen atoms in total. The Morgan fingerprint density at radius 2 is 1.90 bits per heavy atom. The van der Waals surface area contributed by atoms with Crippen LogP contribution in [0, 0.1) is 0 Å². The second-order valence-electron chi connectivity index (χ2n) is 5.29. The molecule has 0 bridgehead atoms. The SMILES string of the molecule is CC(NCC(=O)NC1CC1)c1ccc(S(C)(=O)=O)cc1. The fourth-order valence-electron chi connectivity index (χ4n) is 1.87. The molecule has 1 amide bonds. The molecule has 2 rings (SSSR count). The number of amides is 1. The first-order valence-electron chi connectivity index (χ1n) is 6.69. The Morgan fingerprint density at radius 1 is 1.30 bits per heavy atom. The molecule has 0 aliphatic heterocycles. The molecular weight excluding hydrogens is 276 g/mol. The zero-order chi connectivity index (χ0) is 14.8. The molecule has 1 atom stereocenters. The number of nitrogens with one attached hydrogen (secondary N) is 2. The smallest absolute Gasteiger partial charge is 0.234 e. The van der Waals surface area contributed by atoms with E-state index in [9.17, 15) is 13.2 Å². The van der Waals surface area contributed by atoms with Crippen molar-refractivity contribution in [2.24, 2.45) is 0 Å². The van der Waals surface area contributed by atoms with E-state index in [0.29, 0.717) is 10.9 Å². The van der Waals surface area contributed by atoms with E-state index in [0.717, 1.165) is 18.4 Å². The van der Waals surface area contributed by atoms with E-state index in [1.165, 1.54) is 6.26 Å². The van der Waals surface area contributed by atoms with E-state index in [4.69, 9.17) is 0 Å². The summed E-state index contributed by atoms with van der Waals surface area (Å²) in [6, 6.07) is 7.09. The second kappa shape index (κ2) is 5.93. The van der Waals surface area contributed by atoms with E-state index in [2.05, 4.69) is 10.6 Å². The molecule has 1 aliphatic rings. The molecular formula is C14H20N2O3S. The minimum Gasteiger partial charge on any atom is -0.352 e. The first kappa shape index (κ1) is 15.0. The van der Waals surface area contributed by atoms with Crippen molar-refractivity contribution < 1.29 is 13.2 Å². The van der Waals surface area contributed by atoms with Gasteiger partial charge in [0.2, 0.25) is 5.91 Å². The predicted molar refractivity (Wildman–Crippen MR) is 77.1 cm³/mol. The lowest BCUT2D eigenvalue weighted by Crippen LogP contribution is -2.36. The first-order chi connectivity index (χ1) is 9.36. The van der Waals surface area contributed by atoms with Crippen LogP contribution in [0.25, 0.3) is 0 Å². The summed E-state index contributed by atoms with van der Waals surface area (Å²) in [7, 11) is -3.16. The number of hydrogen-bond acceptors (Lipinski definition) is 4. The third-order valence-electron chi connectivity index (χ3n) is 3.32. The highest BCUT2D eigenvalue weighted by atomic mass is 32.2. The Morgan fingerprint density at radius 3 is 2.40 bits per heavy atom. The van der Waals surface area contributed by atoms with E-state index in [1.807, 2.05) is 6.92 Å². The van der Waals surface area contributed by atoms with Crippen LogP contribution in [0.15, 0.2) is 29.2 Å². The van der Waals surface area contributed by atoms with Crippen molar-refractivity contribution in [1.82, 2.24) is 10.6 Å². The average molecular weight is 296 g/mol. The summed E-state index contributed by atoms with van der Waals surface area (Å²) >= 11 is 0. The maximum absolute atomic E-state index is 11.6. The van der Waals surface area contributed by atoms with Crippen LogP contribution in [-0.4, -0.2) is 33.2 Å². The summed E-state index contributed by atoms with van der Waals surface area (Å²) in [5, 5.41) is 6.04. The average Bonchev–Trinajstić information content (AvgIpc) is 3.19. The monoisotopic (exact) mass is 296 g/mol. The molecule has 1 aromatic rings. The lowest BCUT2D eigenvalue weighted by atomic mass is 10.1. The topological polar surface area (TPSA) is 75.3 Å². The molecule has 110 valence electrons. The molecule has 0 radical (unpaired) electrons. The number of carbonyl (C=O) groups excluding carboxylic acids is 1. The molecule has 1 aromatic carbocycles. The van der Waals surface area contributed by atoms with Gasteiger partial charge in [0.25, 0.3) is 0 Å². The van der Waals surface area contributed by atoms with Crippen molar-refractivity contribution in [2.75, 3.05) is 12.8 Å². The van der Waals surface area contributed by atoms with Crippen molar-refractivity contribution in [3.63, 3.8) is 0 Å². The lowest BCUT2D eigenvalue weighted by molar-refractivity contribution is -0.120. The quantitative estimate of drug-likeness (QED) is 0.822. The number of hydrogen-bond donors (Lipinski definition) is 2. The van der Waals surface area contributed by atoms with Gasteiger partial charge in [0.05, 0.1) is 11.4 Å². The van der Waals surface area contributed by atoms with Gasteiger partial charge in [-0.05, 0) is 37.5 Å². The third-order valence-corrected chi connectivity index (χ3v) is 4.45. The summed E-state index contributed by atoms with van der Waals surface area (Å²) < 4.78 is 22.7. The molecule has 1 aliphatic carbocycles. The van der Waals surface area contributed by atoms with E-state index in [-0.39, 0.29) is 18.5 Å². The van der Waals surface area contributed by atoms with Crippen LogP contribution in [0.3, 0.4) is 0 Å². The maximum Gasteiger partial charge on any atom is 0.234 e. The zero-order valence-corrected chi connectivity index (χ0v) is 12.5. The highest BCUT2D eigenvalue weighted by molar-refractivity contribution is 7.90. The molecule has 0 spiro atoms. The van der Waals surface area contributed by atoms with Crippen LogP contribution in [0.2, 0.25) is 0 Å². The molecule has 2 N–H and O–H groups in total. The predicted octanol–water partition coefficient (Wildman–Crippen LogP) is 1.02. The van der Waals surface area contributed by atoms with Crippen LogP contribution >= 0.6 is 0 Å². The molecule has 0 aromatic heterocycles. The maximum atomic E-state index is 11.6. The normalized spacial score (nSPS) is 16.7. The summed E-state index contributed by atoms with van der Waals surface area (Å²) in [6.45, 7) is 2.21. The lowest BCUT2D eigenvalue weighted by Gasteiger charge is -2.14. The Balaban J connectivity index is 1.88. The van der Waals surface area contributed by atoms with Gasteiger partial charge in [0, 0.05) is 18.3 Å². The van der Waals surface area contributed by atoms with Crippen molar-refractivity contribution in [2.45, 2.75) is 36.7 Å². The highest BCUT2D eigenvalue weighted by Crippen LogP contribution is 2.18. The Labute approximate surface area is 119 Å². The van der Waals surface area contributed by atoms with Gasteiger partial charge in [0.15, 0.2) is 9.84 Å². The fourth-order valence-corrected chi connectivity index (χ4v) is 2.50. The van der Waals surface area contributed by atoms with Gasteiger partial charge in [0.1, 0.15) is 0 Å². The van der Waals surface area contributed by atoms with Gasteiger partial charge < -0.3 is 10.6 Å². The zero-order valence-electron chi connectivity index (χ0n) is 11.7. The summed E-state index contributed by atoms with van der Waals surface area (Å²) in [5.41, 5.74) is 0.955. The Bertz CT molecular complexity index is 577. The molecule has 6 heteroatoms. The minimum atomic E-state index is -3.16. The highest BCUT2D eigenvalue weighted by Gasteiger charge is 2.23. The van der Waals surface area contributed by atoms with Crippen molar-refractivity contribution in [1.29, 1.82) is 0 Å². The fraction of sp³-hybridized carbons (Fsp3) is 0.500. The van der Waals surface area contributed by atoms with Gasteiger partial charge in [-0.15, -0.1) is 0 Å². The van der Waals surface area contributed by atoms with Crippen molar-refractivity contribution in [3.8, 4) is 0 Å². The van der Waals surface area contributed by atoms with E-state index >= 15 is 0 Å². The standard InChI is InChI=1S/C14H20N2O3S/c1-10(15-9-14(17)16-12-5-6-12)11-3-7-13(8-4-11)20(2,18)19/h3-4,7-8,10,12,15H,5-6,9H2,1-2H3,(H,16,17). The Kier molecular flexibility index (Phi) is 4.45. The van der Waals surface area contributed by atoms with Gasteiger partial charge in [-0.3, -0.25) is 4.79 Å². The van der Waals surface area contributed by atoms with Crippen molar-refractivity contribution in [3.05, 3.63) is 29.8 Å². The summed E-state index contributed by atoms with van der Waals surface area (Å²) in [5.74, 6) is 0.00658. The van der Waals surface area contributed by atoms with Crippen LogP contribution in [-0.2, 0) is 14.6 Å². The van der Waals surface area contributed by atoms with Crippen molar-refractivity contribution >= 4 is 15.7 Å². The van der Waals surface area contributed by atoms with E-state index in [1.54, 1.807) is 24.3 Å². The van der Waals surface area contributed by atoms with Crippen LogP contribution in [0.1, 0.15) is 31.4 Å². The van der Waals surface area contributed by atoms with E-state index < -0.39 is 9.84 Å². The first-order valence-corrected chi connectivity index (χ1v) is 8.58. The number of sulfone groups is 1. The van der Waals surface area contributed by atoms with Crippen LogP contribution < -0.4 is 10.6 Å². The van der Waals surface area contributed by atoms with Crippen LogP contribution in [0.4, 0.5) is 0 Å². The molecule has 1 saturated carbocycles. The summed E-state index contributed by atoms with van der Waals surface area (Å²) in [4.78, 5) is 11.9. The van der Waals surface area contributed by atoms with Gasteiger partial charge in [-0.1, -0.05) is 12.1 Å². The Hall–Kier alpha value is -1.40. The summed E-state index contributed by atoms with van der Waals surface area (Å²) in [6.07, 6.45) is 3.34. The molecule has 1 fully saturated rings. The third kappa shape index (κ3) is 4.31. The largest absolute Gasteiger partial charge is 0.352 e. The van der Waals surface area contributed by atoms with Gasteiger partial charge in [-0.25, -0.2) is 8.42 Å². The molecule has 0 saturated heterocycles. The number of rotatable bonds is 6. The number of benzene rings is 1. The molecule has 20 heavy (non-hydrogen) atoms.